The first-order chi connectivity index (χ1) is 8.33. The second-order valence-corrected chi connectivity index (χ2v) is 7.02. The fourth-order valence-electron chi connectivity index (χ4n) is 1.96. The van der Waals surface area contributed by atoms with Crippen LogP contribution in [-0.4, -0.2) is 36.8 Å². The normalized spacial score (nSPS) is 13.8. The van der Waals surface area contributed by atoms with E-state index in [1.54, 1.807) is 0 Å². The van der Waals surface area contributed by atoms with Gasteiger partial charge in [0.2, 0.25) is 0 Å². The highest BCUT2D eigenvalue weighted by Crippen LogP contribution is 2.18. The van der Waals surface area contributed by atoms with Gasteiger partial charge in [0.25, 0.3) is 0 Å². The Labute approximate surface area is 109 Å². The van der Waals surface area contributed by atoms with E-state index in [2.05, 4.69) is 17.3 Å². The van der Waals surface area contributed by atoms with Gasteiger partial charge in [-0.05, 0) is 32.4 Å². The summed E-state index contributed by atoms with van der Waals surface area (Å²) in [6.07, 6.45) is 2.88. The lowest BCUT2D eigenvalue weighted by Crippen LogP contribution is -2.26. The molecule has 0 fully saturated rings. The van der Waals surface area contributed by atoms with Crippen molar-refractivity contribution in [1.82, 2.24) is 15.1 Å². The lowest BCUT2D eigenvalue weighted by Gasteiger charge is -2.18. The molecule has 0 aromatic carbocycles. The summed E-state index contributed by atoms with van der Waals surface area (Å²) < 4.78 is 24.4. The molecule has 18 heavy (non-hydrogen) atoms. The van der Waals surface area contributed by atoms with E-state index < -0.39 is 9.84 Å². The van der Waals surface area contributed by atoms with E-state index in [0.29, 0.717) is 6.42 Å². The van der Waals surface area contributed by atoms with Gasteiger partial charge in [-0.1, -0.05) is 6.92 Å². The van der Waals surface area contributed by atoms with Crippen LogP contribution in [0.25, 0.3) is 0 Å². The third-order valence-electron chi connectivity index (χ3n) is 2.81. The first-order valence-electron chi connectivity index (χ1n) is 6.25. The Morgan fingerprint density at radius 1 is 1.50 bits per heavy atom. The maximum atomic E-state index is 11.3. The molecule has 1 aromatic rings. The zero-order valence-corrected chi connectivity index (χ0v) is 12.4. The van der Waals surface area contributed by atoms with Crippen LogP contribution in [0.5, 0.6) is 0 Å². The molecule has 1 aromatic heterocycles. The third-order valence-corrected chi connectivity index (χ3v) is 3.79. The van der Waals surface area contributed by atoms with Crippen LogP contribution < -0.4 is 5.32 Å². The highest BCUT2D eigenvalue weighted by Gasteiger charge is 2.17. The van der Waals surface area contributed by atoms with Crippen molar-refractivity contribution in [2.75, 3.05) is 18.6 Å². The molecule has 0 spiro atoms. The first-order valence-corrected chi connectivity index (χ1v) is 8.31. The van der Waals surface area contributed by atoms with Crippen molar-refractivity contribution in [3.8, 4) is 0 Å². The molecule has 5 nitrogen and oxygen atoms in total. The van der Waals surface area contributed by atoms with E-state index in [9.17, 15) is 8.42 Å². The lowest BCUT2D eigenvalue weighted by molar-refractivity contribution is 0.481. The molecule has 1 N–H and O–H groups in total. The van der Waals surface area contributed by atoms with E-state index in [1.165, 1.54) is 6.26 Å². The fourth-order valence-corrected chi connectivity index (χ4v) is 2.63. The monoisotopic (exact) mass is 273 g/mol. The summed E-state index contributed by atoms with van der Waals surface area (Å²) in [6.45, 7) is 4.91. The van der Waals surface area contributed by atoms with Crippen molar-refractivity contribution >= 4 is 9.84 Å². The number of rotatable bonds is 7. The van der Waals surface area contributed by atoms with Crippen LogP contribution in [0.1, 0.15) is 37.2 Å². The van der Waals surface area contributed by atoms with E-state index in [4.69, 9.17) is 0 Å². The van der Waals surface area contributed by atoms with Crippen LogP contribution in [0, 0.1) is 6.92 Å². The number of nitrogens with one attached hydrogen (secondary N) is 1. The fraction of sp³-hybridized carbons (Fsp3) is 0.750. The second-order valence-electron chi connectivity index (χ2n) is 4.76. The average molecular weight is 273 g/mol. The van der Waals surface area contributed by atoms with Gasteiger partial charge in [-0.3, -0.25) is 4.68 Å². The van der Waals surface area contributed by atoms with Crippen molar-refractivity contribution in [2.45, 2.75) is 32.7 Å². The van der Waals surface area contributed by atoms with Crippen molar-refractivity contribution < 1.29 is 8.42 Å². The number of aromatic nitrogens is 2. The number of hydrogen-bond donors (Lipinski definition) is 1. The molecule has 0 aliphatic carbocycles. The zero-order chi connectivity index (χ0) is 13.8. The predicted molar refractivity (Wildman–Crippen MR) is 73.3 cm³/mol. The van der Waals surface area contributed by atoms with Gasteiger partial charge in [0, 0.05) is 13.3 Å². The Hall–Kier alpha value is -0.880. The largest absolute Gasteiger partial charge is 0.309 e. The molecular formula is C12H23N3O2S. The van der Waals surface area contributed by atoms with E-state index >= 15 is 0 Å². The van der Waals surface area contributed by atoms with Gasteiger partial charge in [0.05, 0.1) is 23.2 Å². The number of hydrogen-bond acceptors (Lipinski definition) is 4. The molecule has 1 atom stereocenters. The molecule has 1 unspecified atom stereocenters. The average Bonchev–Trinajstić information content (AvgIpc) is 2.57. The zero-order valence-electron chi connectivity index (χ0n) is 11.6. The van der Waals surface area contributed by atoms with Crippen molar-refractivity contribution in [1.29, 1.82) is 0 Å². The Morgan fingerprint density at radius 2 is 2.17 bits per heavy atom. The summed E-state index contributed by atoms with van der Waals surface area (Å²) in [6, 6.07) is 2.06. The number of sulfone groups is 1. The quantitative estimate of drug-likeness (QED) is 0.811. The predicted octanol–water partition coefficient (Wildman–Crippen LogP) is 1.20. The maximum absolute atomic E-state index is 11.3. The Balaban J connectivity index is 2.80. The molecule has 1 rings (SSSR count). The Morgan fingerprint density at radius 3 is 2.61 bits per heavy atom. The Bertz CT molecular complexity index is 480. The third kappa shape index (κ3) is 4.78. The molecular weight excluding hydrogens is 250 g/mol. The minimum absolute atomic E-state index is 0.0471. The summed E-state index contributed by atoms with van der Waals surface area (Å²) in [5, 5.41) is 7.70. The second kappa shape index (κ2) is 6.33. The van der Waals surface area contributed by atoms with Crippen LogP contribution in [0.15, 0.2) is 6.07 Å². The molecule has 0 aliphatic rings. The lowest BCUT2D eigenvalue weighted by atomic mass is 10.1. The molecule has 0 bridgehead atoms. The summed E-state index contributed by atoms with van der Waals surface area (Å²) >= 11 is 0. The van der Waals surface area contributed by atoms with Crippen molar-refractivity contribution in [3.05, 3.63) is 17.5 Å². The standard InChI is InChI=1S/C12H23N3O2S/c1-5-7-13-11(6-8-18(4,16)17)12-9-10(2)14-15(12)3/h9,11,13H,5-8H2,1-4H3. The van der Waals surface area contributed by atoms with Crippen LogP contribution in [0.3, 0.4) is 0 Å². The van der Waals surface area contributed by atoms with Gasteiger partial charge >= 0.3 is 0 Å². The summed E-state index contributed by atoms with van der Waals surface area (Å²) in [5.41, 5.74) is 2.00. The van der Waals surface area contributed by atoms with Gasteiger partial charge in [-0.25, -0.2) is 8.42 Å². The summed E-state index contributed by atoms with van der Waals surface area (Å²) in [4.78, 5) is 0. The van der Waals surface area contributed by atoms with Crippen LogP contribution in [-0.2, 0) is 16.9 Å². The molecule has 6 heteroatoms. The van der Waals surface area contributed by atoms with Gasteiger partial charge in [0.15, 0.2) is 0 Å². The van der Waals surface area contributed by atoms with Gasteiger partial charge < -0.3 is 5.32 Å². The summed E-state index contributed by atoms with van der Waals surface area (Å²) in [5.74, 6) is 0.193. The molecule has 1 heterocycles. The van der Waals surface area contributed by atoms with E-state index in [-0.39, 0.29) is 11.8 Å². The highest BCUT2D eigenvalue weighted by molar-refractivity contribution is 7.90. The van der Waals surface area contributed by atoms with Crippen molar-refractivity contribution in [2.24, 2.45) is 7.05 Å². The minimum Gasteiger partial charge on any atom is -0.309 e. The maximum Gasteiger partial charge on any atom is 0.147 e. The number of nitrogens with zero attached hydrogens (tertiary/aromatic N) is 2. The van der Waals surface area contributed by atoms with E-state index in [0.717, 1.165) is 24.4 Å². The molecule has 0 aliphatic heterocycles. The van der Waals surface area contributed by atoms with Crippen molar-refractivity contribution in [3.63, 3.8) is 0 Å². The molecule has 0 amide bonds. The summed E-state index contributed by atoms with van der Waals surface area (Å²) in [7, 11) is -1.04. The first kappa shape index (κ1) is 15.2. The van der Waals surface area contributed by atoms with Crippen LogP contribution in [0.4, 0.5) is 0 Å². The minimum atomic E-state index is -2.93. The van der Waals surface area contributed by atoms with E-state index in [1.807, 2.05) is 24.7 Å². The smallest absolute Gasteiger partial charge is 0.147 e. The SMILES string of the molecule is CCCNC(CCS(C)(=O)=O)c1cc(C)nn1C. The van der Waals surface area contributed by atoms with Gasteiger partial charge in [-0.15, -0.1) is 0 Å². The van der Waals surface area contributed by atoms with Crippen LogP contribution >= 0.6 is 0 Å². The molecule has 0 saturated heterocycles. The van der Waals surface area contributed by atoms with Gasteiger partial charge in [-0.2, -0.15) is 5.10 Å². The molecule has 0 saturated carbocycles. The highest BCUT2D eigenvalue weighted by atomic mass is 32.2. The van der Waals surface area contributed by atoms with Gasteiger partial charge in [0.1, 0.15) is 9.84 Å². The topological polar surface area (TPSA) is 64.0 Å². The molecule has 104 valence electrons. The van der Waals surface area contributed by atoms with Crippen LogP contribution in [0.2, 0.25) is 0 Å². The molecule has 0 radical (unpaired) electrons. The Kier molecular flexibility index (Phi) is 5.34. The number of aryl methyl sites for hydroxylation is 2.